The molecule has 0 spiro atoms. The second-order valence-electron chi connectivity index (χ2n) is 4.48. The maximum Gasteiger partial charge on any atom is 0.418 e. The van der Waals surface area contributed by atoms with Crippen LogP contribution in [0.15, 0.2) is 42.5 Å². The molecule has 1 nitrogen and oxygen atoms in total. The van der Waals surface area contributed by atoms with Crippen molar-refractivity contribution in [2.45, 2.75) is 19.5 Å². The van der Waals surface area contributed by atoms with Crippen molar-refractivity contribution in [3.63, 3.8) is 0 Å². The Balaban J connectivity index is 2.40. The summed E-state index contributed by atoms with van der Waals surface area (Å²) in [6.45, 7) is 1.93. The SMILES string of the molecule is Cc1ccccc1Cc1cccc(C(F)(F)F)c1N. The number of nitrogen functional groups attached to an aromatic ring is 1. The molecule has 0 radical (unpaired) electrons. The fourth-order valence-corrected chi connectivity index (χ4v) is 2.03. The zero-order chi connectivity index (χ0) is 14.0. The van der Waals surface area contributed by atoms with Crippen molar-refractivity contribution in [1.29, 1.82) is 0 Å². The molecular weight excluding hydrogens is 251 g/mol. The number of halogens is 3. The van der Waals surface area contributed by atoms with Crippen LogP contribution in [0.4, 0.5) is 18.9 Å². The third-order valence-corrected chi connectivity index (χ3v) is 3.14. The fourth-order valence-electron chi connectivity index (χ4n) is 2.03. The van der Waals surface area contributed by atoms with Gasteiger partial charge in [-0.15, -0.1) is 0 Å². The van der Waals surface area contributed by atoms with Gasteiger partial charge in [-0.3, -0.25) is 0 Å². The number of hydrogen-bond donors (Lipinski definition) is 1. The summed E-state index contributed by atoms with van der Waals surface area (Å²) in [5.41, 5.74) is 7.22. The molecular formula is C15H14F3N. The number of aryl methyl sites for hydroxylation is 1. The molecule has 0 atom stereocenters. The van der Waals surface area contributed by atoms with Gasteiger partial charge < -0.3 is 5.73 Å². The van der Waals surface area contributed by atoms with Crippen LogP contribution in [0.2, 0.25) is 0 Å². The predicted molar refractivity (Wildman–Crippen MR) is 69.8 cm³/mol. The minimum Gasteiger partial charge on any atom is -0.398 e. The van der Waals surface area contributed by atoms with Gasteiger partial charge in [-0.05, 0) is 36.1 Å². The molecule has 0 saturated carbocycles. The molecule has 0 bridgehead atoms. The van der Waals surface area contributed by atoms with Crippen LogP contribution in [0.25, 0.3) is 0 Å². The zero-order valence-corrected chi connectivity index (χ0v) is 10.5. The summed E-state index contributed by atoms with van der Waals surface area (Å²) in [4.78, 5) is 0. The maximum atomic E-state index is 12.8. The molecule has 0 heterocycles. The number of rotatable bonds is 2. The lowest BCUT2D eigenvalue weighted by molar-refractivity contribution is -0.136. The van der Waals surface area contributed by atoms with E-state index in [1.807, 2.05) is 31.2 Å². The molecule has 2 aromatic rings. The third kappa shape index (κ3) is 2.89. The second kappa shape index (κ2) is 4.96. The Bertz CT molecular complexity index is 588. The van der Waals surface area contributed by atoms with Crippen LogP contribution in [-0.4, -0.2) is 0 Å². The number of nitrogens with two attached hydrogens (primary N) is 1. The van der Waals surface area contributed by atoms with Crippen molar-refractivity contribution in [3.05, 3.63) is 64.7 Å². The van der Waals surface area contributed by atoms with Crippen LogP contribution < -0.4 is 5.73 Å². The van der Waals surface area contributed by atoms with Crippen LogP contribution in [0, 0.1) is 6.92 Å². The van der Waals surface area contributed by atoms with E-state index in [1.54, 1.807) is 6.07 Å². The second-order valence-corrected chi connectivity index (χ2v) is 4.48. The Morgan fingerprint density at radius 1 is 0.947 bits per heavy atom. The molecule has 0 aliphatic rings. The topological polar surface area (TPSA) is 26.0 Å². The molecule has 2 N–H and O–H groups in total. The van der Waals surface area contributed by atoms with Crippen molar-refractivity contribution in [2.75, 3.05) is 5.73 Å². The Labute approximate surface area is 109 Å². The van der Waals surface area contributed by atoms with Crippen molar-refractivity contribution < 1.29 is 13.2 Å². The third-order valence-electron chi connectivity index (χ3n) is 3.14. The zero-order valence-electron chi connectivity index (χ0n) is 10.5. The van der Waals surface area contributed by atoms with Gasteiger partial charge in [0.2, 0.25) is 0 Å². The largest absolute Gasteiger partial charge is 0.418 e. The summed E-state index contributed by atoms with van der Waals surface area (Å²) in [6, 6.07) is 11.6. The minimum absolute atomic E-state index is 0.182. The first-order chi connectivity index (χ1) is 8.89. The summed E-state index contributed by atoms with van der Waals surface area (Å²) in [5, 5.41) is 0. The highest BCUT2D eigenvalue weighted by atomic mass is 19.4. The van der Waals surface area contributed by atoms with Crippen LogP contribution in [0.1, 0.15) is 22.3 Å². The highest BCUT2D eigenvalue weighted by Crippen LogP contribution is 2.35. The Hall–Kier alpha value is -1.97. The number of anilines is 1. The van der Waals surface area contributed by atoms with Crippen molar-refractivity contribution >= 4 is 5.69 Å². The van der Waals surface area contributed by atoms with E-state index in [2.05, 4.69) is 0 Å². The van der Waals surface area contributed by atoms with Crippen LogP contribution in [-0.2, 0) is 12.6 Å². The molecule has 0 aromatic heterocycles. The van der Waals surface area contributed by atoms with E-state index in [0.29, 0.717) is 12.0 Å². The van der Waals surface area contributed by atoms with Gasteiger partial charge in [0.15, 0.2) is 0 Å². The first-order valence-corrected chi connectivity index (χ1v) is 5.88. The number of alkyl halides is 3. The van der Waals surface area contributed by atoms with Crippen LogP contribution in [0.5, 0.6) is 0 Å². The smallest absolute Gasteiger partial charge is 0.398 e. The first kappa shape index (κ1) is 13.5. The molecule has 0 amide bonds. The standard InChI is InChI=1S/C15H14F3N/c1-10-5-2-3-6-11(10)9-12-7-4-8-13(14(12)19)15(16,17)18/h2-8H,9,19H2,1H3. The highest BCUT2D eigenvalue weighted by molar-refractivity contribution is 5.56. The van der Waals surface area contributed by atoms with E-state index < -0.39 is 11.7 Å². The van der Waals surface area contributed by atoms with Gasteiger partial charge >= 0.3 is 6.18 Å². The molecule has 100 valence electrons. The molecule has 2 aromatic carbocycles. The quantitative estimate of drug-likeness (QED) is 0.810. The van der Waals surface area contributed by atoms with Crippen LogP contribution >= 0.6 is 0 Å². The highest BCUT2D eigenvalue weighted by Gasteiger charge is 2.33. The summed E-state index contributed by atoms with van der Waals surface area (Å²) >= 11 is 0. The molecule has 0 fully saturated rings. The molecule has 0 aliphatic carbocycles. The Morgan fingerprint density at radius 3 is 2.21 bits per heavy atom. The lowest BCUT2D eigenvalue weighted by Crippen LogP contribution is -2.11. The number of hydrogen-bond acceptors (Lipinski definition) is 1. The van der Waals surface area contributed by atoms with Crippen molar-refractivity contribution in [1.82, 2.24) is 0 Å². The normalized spacial score (nSPS) is 11.6. The van der Waals surface area contributed by atoms with Gasteiger partial charge in [0, 0.05) is 5.69 Å². The monoisotopic (exact) mass is 265 g/mol. The minimum atomic E-state index is -4.41. The number of benzene rings is 2. The summed E-state index contributed by atoms with van der Waals surface area (Å²) in [7, 11) is 0. The molecule has 0 saturated heterocycles. The van der Waals surface area contributed by atoms with E-state index in [0.717, 1.165) is 17.2 Å². The summed E-state index contributed by atoms with van der Waals surface area (Å²) in [5.74, 6) is 0. The summed E-state index contributed by atoms with van der Waals surface area (Å²) in [6.07, 6.45) is -4.01. The van der Waals surface area contributed by atoms with Gasteiger partial charge in [0.05, 0.1) is 5.56 Å². The average molecular weight is 265 g/mol. The van der Waals surface area contributed by atoms with Crippen LogP contribution in [0.3, 0.4) is 0 Å². The first-order valence-electron chi connectivity index (χ1n) is 5.88. The van der Waals surface area contributed by atoms with E-state index in [1.165, 1.54) is 6.07 Å². The Kier molecular flexibility index (Phi) is 3.51. The molecule has 0 unspecified atom stereocenters. The van der Waals surface area contributed by atoms with Gasteiger partial charge in [-0.1, -0.05) is 36.4 Å². The summed E-state index contributed by atoms with van der Waals surface area (Å²) < 4.78 is 38.3. The van der Waals surface area contributed by atoms with Gasteiger partial charge in [-0.25, -0.2) is 0 Å². The van der Waals surface area contributed by atoms with E-state index >= 15 is 0 Å². The van der Waals surface area contributed by atoms with E-state index in [4.69, 9.17) is 5.73 Å². The molecule has 2 rings (SSSR count). The molecule has 4 heteroatoms. The van der Waals surface area contributed by atoms with E-state index in [-0.39, 0.29) is 5.69 Å². The molecule has 19 heavy (non-hydrogen) atoms. The average Bonchev–Trinajstić information content (AvgIpc) is 2.33. The van der Waals surface area contributed by atoms with Gasteiger partial charge in [0.25, 0.3) is 0 Å². The fraction of sp³-hybridized carbons (Fsp3) is 0.200. The van der Waals surface area contributed by atoms with Gasteiger partial charge in [0.1, 0.15) is 0 Å². The van der Waals surface area contributed by atoms with Crippen molar-refractivity contribution in [3.8, 4) is 0 Å². The number of para-hydroxylation sites is 1. The lowest BCUT2D eigenvalue weighted by Gasteiger charge is -2.14. The Morgan fingerprint density at radius 2 is 1.58 bits per heavy atom. The van der Waals surface area contributed by atoms with E-state index in [9.17, 15) is 13.2 Å². The lowest BCUT2D eigenvalue weighted by atomic mass is 9.97. The van der Waals surface area contributed by atoms with Gasteiger partial charge in [-0.2, -0.15) is 13.2 Å². The maximum absolute atomic E-state index is 12.8. The predicted octanol–water partition coefficient (Wildman–Crippen LogP) is 4.19. The van der Waals surface area contributed by atoms with Crippen molar-refractivity contribution in [2.24, 2.45) is 0 Å². The molecule has 0 aliphatic heterocycles.